The van der Waals surface area contributed by atoms with Crippen LogP contribution in [0.25, 0.3) is 0 Å². The van der Waals surface area contributed by atoms with Crippen molar-refractivity contribution in [2.75, 3.05) is 0 Å². The maximum absolute atomic E-state index is 11.1. The number of hydrogen-bond acceptors (Lipinski definition) is 1. The normalized spacial score (nSPS) is 25.7. The molecular weight excluding hydrogens is 160 g/mol. The molecule has 2 atom stereocenters. The molecule has 1 heteroatoms. The first-order valence-corrected chi connectivity index (χ1v) is 4.76. The summed E-state index contributed by atoms with van der Waals surface area (Å²) < 4.78 is 0. The first-order chi connectivity index (χ1) is 6.20. The molecule has 1 aliphatic carbocycles. The Balaban J connectivity index is 2.21. The fraction of sp³-hybridized carbons (Fsp3) is 0.417. The van der Waals surface area contributed by atoms with Gasteiger partial charge < -0.3 is 0 Å². The number of benzene rings is 1. The summed E-state index contributed by atoms with van der Waals surface area (Å²) in [6.45, 7) is 3.81. The van der Waals surface area contributed by atoms with E-state index in [1.54, 1.807) is 6.92 Å². The standard InChI is InChI=1S/C12H14O/c1-8-5-3-4-6-10(8)12-7-11(12)9(2)13/h3-6,11-12H,7H2,1-2H3/t11-,12-/m1/s1. The van der Waals surface area contributed by atoms with E-state index in [1.807, 2.05) is 6.07 Å². The molecule has 1 aromatic carbocycles. The fourth-order valence-electron chi connectivity index (χ4n) is 1.99. The summed E-state index contributed by atoms with van der Waals surface area (Å²) in [4.78, 5) is 11.1. The molecule has 0 saturated heterocycles. The van der Waals surface area contributed by atoms with Crippen LogP contribution in [0.3, 0.4) is 0 Å². The number of Topliss-reactive ketones (excluding diaryl/α,β-unsaturated/α-hetero) is 1. The number of ketones is 1. The Bertz CT molecular complexity index is 341. The summed E-state index contributed by atoms with van der Waals surface area (Å²) >= 11 is 0. The minimum absolute atomic E-state index is 0.307. The Morgan fingerprint density at radius 1 is 1.38 bits per heavy atom. The fourth-order valence-corrected chi connectivity index (χ4v) is 1.99. The van der Waals surface area contributed by atoms with Crippen molar-refractivity contribution in [2.45, 2.75) is 26.2 Å². The highest BCUT2D eigenvalue weighted by Crippen LogP contribution is 2.48. The van der Waals surface area contributed by atoms with Crippen LogP contribution < -0.4 is 0 Å². The van der Waals surface area contributed by atoms with Crippen LogP contribution in [0.2, 0.25) is 0 Å². The Morgan fingerprint density at radius 2 is 2.08 bits per heavy atom. The third kappa shape index (κ3) is 1.51. The Labute approximate surface area is 78.8 Å². The highest BCUT2D eigenvalue weighted by atomic mass is 16.1. The lowest BCUT2D eigenvalue weighted by Crippen LogP contribution is -1.95. The molecule has 0 amide bonds. The molecule has 1 fully saturated rings. The number of carbonyl (C=O) groups excluding carboxylic acids is 1. The lowest BCUT2D eigenvalue weighted by atomic mass is 10.0. The molecule has 0 heterocycles. The predicted molar refractivity (Wildman–Crippen MR) is 52.7 cm³/mol. The quantitative estimate of drug-likeness (QED) is 0.673. The van der Waals surface area contributed by atoms with Crippen LogP contribution in [0.4, 0.5) is 0 Å². The molecule has 0 aromatic heterocycles. The average molecular weight is 174 g/mol. The number of carbonyl (C=O) groups is 1. The Kier molecular flexibility index (Phi) is 1.95. The van der Waals surface area contributed by atoms with Gasteiger partial charge in [0.05, 0.1) is 0 Å². The van der Waals surface area contributed by atoms with Crippen LogP contribution in [-0.4, -0.2) is 5.78 Å². The maximum Gasteiger partial charge on any atom is 0.133 e. The minimum atomic E-state index is 0.307. The SMILES string of the molecule is CC(=O)[C@H]1C[C@@H]1c1ccccc1C. The molecule has 0 N–H and O–H groups in total. The summed E-state index contributed by atoms with van der Waals surface area (Å²) in [5, 5.41) is 0. The molecule has 0 bridgehead atoms. The van der Waals surface area contributed by atoms with E-state index in [4.69, 9.17) is 0 Å². The van der Waals surface area contributed by atoms with E-state index in [1.165, 1.54) is 11.1 Å². The van der Waals surface area contributed by atoms with Gasteiger partial charge in [-0.15, -0.1) is 0 Å². The number of hydrogen-bond donors (Lipinski definition) is 0. The van der Waals surface area contributed by atoms with E-state index in [0.717, 1.165) is 6.42 Å². The highest BCUT2D eigenvalue weighted by Gasteiger charge is 2.42. The lowest BCUT2D eigenvalue weighted by molar-refractivity contribution is -0.118. The van der Waals surface area contributed by atoms with Gasteiger partial charge in [0.15, 0.2) is 0 Å². The monoisotopic (exact) mass is 174 g/mol. The minimum Gasteiger partial charge on any atom is -0.300 e. The second kappa shape index (κ2) is 2.99. The van der Waals surface area contributed by atoms with Crippen molar-refractivity contribution in [1.29, 1.82) is 0 Å². The highest BCUT2D eigenvalue weighted by molar-refractivity contribution is 5.82. The van der Waals surface area contributed by atoms with E-state index in [9.17, 15) is 4.79 Å². The van der Waals surface area contributed by atoms with Gasteiger partial charge in [-0.3, -0.25) is 4.79 Å². The van der Waals surface area contributed by atoms with Gasteiger partial charge in [0.1, 0.15) is 5.78 Å². The Morgan fingerprint density at radius 3 is 2.62 bits per heavy atom. The van der Waals surface area contributed by atoms with Gasteiger partial charge in [0.25, 0.3) is 0 Å². The van der Waals surface area contributed by atoms with Gasteiger partial charge in [0.2, 0.25) is 0 Å². The smallest absolute Gasteiger partial charge is 0.133 e. The van der Waals surface area contributed by atoms with Crippen molar-refractivity contribution in [3.8, 4) is 0 Å². The van der Waals surface area contributed by atoms with Gasteiger partial charge in [-0.1, -0.05) is 24.3 Å². The first kappa shape index (κ1) is 8.49. The van der Waals surface area contributed by atoms with E-state index in [-0.39, 0.29) is 0 Å². The third-order valence-corrected chi connectivity index (χ3v) is 2.90. The summed E-state index contributed by atoms with van der Waals surface area (Å²) in [5.41, 5.74) is 2.68. The van der Waals surface area contributed by atoms with Crippen LogP contribution in [0.15, 0.2) is 24.3 Å². The van der Waals surface area contributed by atoms with Crippen LogP contribution in [-0.2, 0) is 4.79 Å². The van der Waals surface area contributed by atoms with Gasteiger partial charge >= 0.3 is 0 Å². The second-order valence-corrected chi connectivity index (χ2v) is 3.92. The molecule has 0 unspecified atom stereocenters. The van der Waals surface area contributed by atoms with E-state index < -0.39 is 0 Å². The molecule has 1 saturated carbocycles. The topological polar surface area (TPSA) is 17.1 Å². The van der Waals surface area contributed by atoms with Crippen molar-refractivity contribution < 1.29 is 4.79 Å². The zero-order valence-electron chi connectivity index (χ0n) is 8.08. The molecule has 1 aliphatic rings. The molecule has 1 nitrogen and oxygen atoms in total. The number of aryl methyl sites for hydroxylation is 1. The van der Waals surface area contributed by atoms with E-state index in [2.05, 4.69) is 25.1 Å². The first-order valence-electron chi connectivity index (χ1n) is 4.76. The second-order valence-electron chi connectivity index (χ2n) is 3.92. The zero-order chi connectivity index (χ0) is 9.42. The maximum atomic E-state index is 11.1. The van der Waals surface area contributed by atoms with Gasteiger partial charge in [-0.25, -0.2) is 0 Å². The molecule has 68 valence electrons. The summed E-state index contributed by atoms with van der Waals surface area (Å²) in [6.07, 6.45) is 1.06. The summed E-state index contributed by atoms with van der Waals surface area (Å²) in [7, 11) is 0. The van der Waals surface area contributed by atoms with Crippen molar-refractivity contribution in [3.63, 3.8) is 0 Å². The number of rotatable bonds is 2. The molecule has 2 rings (SSSR count). The molecular formula is C12H14O. The van der Waals surface area contributed by atoms with Crippen molar-refractivity contribution >= 4 is 5.78 Å². The molecule has 13 heavy (non-hydrogen) atoms. The molecule has 0 spiro atoms. The molecule has 0 aliphatic heterocycles. The van der Waals surface area contributed by atoms with Crippen molar-refractivity contribution in [2.24, 2.45) is 5.92 Å². The van der Waals surface area contributed by atoms with Gasteiger partial charge in [-0.05, 0) is 37.3 Å². The van der Waals surface area contributed by atoms with Gasteiger partial charge in [-0.2, -0.15) is 0 Å². The van der Waals surface area contributed by atoms with Crippen LogP contribution in [0, 0.1) is 12.8 Å². The molecule has 0 radical (unpaired) electrons. The van der Waals surface area contributed by atoms with Crippen LogP contribution >= 0.6 is 0 Å². The van der Waals surface area contributed by atoms with Crippen molar-refractivity contribution in [3.05, 3.63) is 35.4 Å². The van der Waals surface area contributed by atoms with Gasteiger partial charge in [0, 0.05) is 5.92 Å². The summed E-state index contributed by atoms with van der Waals surface area (Å²) in [5.74, 6) is 1.16. The van der Waals surface area contributed by atoms with E-state index >= 15 is 0 Å². The van der Waals surface area contributed by atoms with Crippen LogP contribution in [0.5, 0.6) is 0 Å². The zero-order valence-corrected chi connectivity index (χ0v) is 8.08. The average Bonchev–Trinajstić information content (AvgIpc) is 2.84. The predicted octanol–water partition coefficient (Wildman–Crippen LogP) is 2.69. The lowest BCUT2D eigenvalue weighted by Gasteiger charge is -2.02. The Hall–Kier alpha value is -1.11. The third-order valence-electron chi connectivity index (χ3n) is 2.90. The van der Waals surface area contributed by atoms with E-state index in [0.29, 0.717) is 17.6 Å². The van der Waals surface area contributed by atoms with Crippen LogP contribution in [0.1, 0.15) is 30.4 Å². The largest absolute Gasteiger partial charge is 0.300 e. The summed E-state index contributed by atoms with van der Waals surface area (Å²) in [6, 6.07) is 8.36. The molecule has 1 aromatic rings. The van der Waals surface area contributed by atoms with Crippen molar-refractivity contribution in [1.82, 2.24) is 0 Å².